The minimum atomic E-state index is -3.47. The molecule has 0 fully saturated rings. The predicted octanol–water partition coefficient (Wildman–Crippen LogP) is 4.21. The molecule has 3 aromatic carbocycles. The van der Waals surface area contributed by atoms with E-state index in [1.165, 1.54) is 11.0 Å². The average Bonchev–Trinajstić information content (AvgIpc) is 2.71. The number of nitrogens with zero attached hydrogens (tertiary/aromatic N) is 1. The van der Waals surface area contributed by atoms with E-state index in [2.05, 4.69) is 0 Å². The number of carbonyl (C=O) groups excluding carboxylic acids is 1. The minimum absolute atomic E-state index is 0.111. The molecule has 0 spiro atoms. The molecule has 0 N–H and O–H groups in total. The van der Waals surface area contributed by atoms with Gasteiger partial charge in [-0.1, -0.05) is 36.4 Å². The van der Waals surface area contributed by atoms with Crippen molar-refractivity contribution in [3.8, 4) is 0 Å². The third-order valence-electron chi connectivity index (χ3n) is 4.41. The number of hydrogen-bond acceptors (Lipinski definition) is 3. The normalized spacial score (nSPS) is 11.3. The van der Waals surface area contributed by atoms with Crippen molar-refractivity contribution in [1.29, 1.82) is 0 Å². The SMILES string of the molecule is CN(Cc1ccc(F)c(F)c1)C(=O)c1ccc(CS(=O)(=O)c2ccccc2)cc1. The Hall–Kier alpha value is -3.06. The lowest BCUT2D eigenvalue weighted by molar-refractivity contribution is 0.0785. The van der Waals surface area contributed by atoms with Crippen molar-refractivity contribution in [2.45, 2.75) is 17.2 Å². The Kier molecular flexibility index (Phi) is 6.08. The van der Waals surface area contributed by atoms with E-state index in [-0.39, 0.29) is 23.1 Å². The first-order chi connectivity index (χ1) is 13.8. The number of hydrogen-bond donors (Lipinski definition) is 0. The molecular formula is C22H19F2NO3S. The Morgan fingerprint density at radius 1 is 0.862 bits per heavy atom. The summed E-state index contributed by atoms with van der Waals surface area (Å²) in [6, 6.07) is 17.9. The third-order valence-corrected chi connectivity index (χ3v) is 6.11. The standard InChI is InChI=1S/C22H19F2NO3S/c1-25(14-17-9-12-20(23)21(24)13-17)22(26)18-10-7-16(8-11-18)15-29(27,28)19-5-3-2-4-6-19/h2-13H,14-15H2,1H3. The average molecular weight is 415 g/mol. The van der Waals surface area contributed by atoms with Crippen LogP contribution >= 0.6 is 0 Å². The van der Waals surface area contributed by atoms with Gasteiger partial charge in [-0.25, -0.2) is 17.2 Å². The van der Waals surface area contributed by atoms with Gasteiger partial charge in [0, 0.05) is 19.2 Å². The molecule has 0 aliphatic rings. The lowest BCUT2D eigenvalue weighted by atomic mass is 10.1. The van der Waals surface area contributed by atoms with E-state index in [1.54, 1.807) is 61.6 Å². The molecule has 29 heavy (non-hydrogen) atoms. The molecule has 0 atom stereocenters. The van der Waals surface area contributed by atoms with Crippen molar-refractivity contribution in [2.24, 2.45) is 0 Å². The maximum absolute atomic E-state index is 13.3. The van der Waals surface area contributed by atoms with E-state index < -0.39 is 21.5 Å². The van der Waals surface area contributed by atoms with E-state index in [9.17, 15) is 22.0 Å². The van der Waals surface area contributed by atoms with Crippen LogP contribution < -0.4 is 0 Å². The molecular weight excluding hydrogens is 396 g/mol. The van der Waals surface area contributed by atoms with E-state index >= 15 is 0 Å². The van der Waals surface area contributed by atoms with Gasteiger partial charge >= 0.3 is 0 Å². The van der Waals surface area contributed by atoms with Gasteiger partial charge < -0.3 is 4.90 Å². The summed E-state index contributed by atoms with van der Waals surface area (Å²) in [5.41, 5.74) is 1.40. The molecule has 0 radical (unpaired) electrons. The Morgan fingerprint density at radius 3 is 2.10 bits per heavy atom. The smallest absolute Gasteiger partial charge is 0.253 e. The fourth-order valence-electron chi connectivity index (χ4n) is 2.88. The highest BCUT2D eigenvalue weighted by molar-refractivity contribution is 7.90. The summed E-state index contributed by atoms with van der Waals surface area (Å²) >= 11 is 0. The zero-order valence-corrected chi connectivity index (χ0v) is 16.5. The maximum atomic E-state index is 13.3. The van der Waals surface area contributed by atoms with Gasteiger partial charge in [0.2, 0.25) is 0 Å². The van der Waals surface area contributed by atoms with Gasteiger partial charge in [0.15, 0.2) is 21.5 Å². The second-order valence-corrected chi connectivity index (χ2v) is 8.67. The van der Waals surface area contributed by atoms with Crippen LogP contribution in [0.2, 0.25) is 0 Å². The number of rotatable bonds is 6. The van der Waals surface area contributed by atoms with Crippen LogP contribution in [-0.2, 0) is 22.1 Å². The summed E-state index contributed by atoms with van der Waals surface area (Å²) in [5.74, 6) is -2.39. The van der Waals surface area contributed by atoms with Crippen molar-refractivity contribution >= 4 is 15.7 Å². The Morgan fingerprint density at radius 2 is 1.48 bits per heavy atom. The summed E-state index contributed by atoms with van der Waals surface area (Å²) in [6.45, 7) is 0.111. The van der Waals surface area contributed by atoms with Gasteiger partial charge in [0.1, 0.15) is 0 Å². The van der Waals surface area contributed by atoms with Gasteiger partial charge in [0.25, 0.3) is 5.91 Å². The highest BCUT2D eigenvalue weighted by Gasteiger charge is 2.17. The molecule has 150 valence electrons. The lowest BCUT2D eigenvalue weighted by Gasteiger charge is -2.17. The quantitative estimate of drug-likeness (QED) is 0.606. The van der Waals surface area contributed by atoms with Gasteiger partial charge in [-0.15, -0.1) is 0 Å². The summed E-state index contributed by atoms with van der Waals surface area (Å²) in [6.07, 6.45) is 0. The fourth-order valence-corrected chi connectivity index (χ4v) is 4.25. The van der Waals surface area contributed by atoms with Gasteiger partial charge in [-0.05, 0) is 47.5 Å². The van der Waals surface area contributed by atoms with Crippen LogP contribution in [0.3, 0.4) is 0 Å². The molecule has 0 bridgehead atoms. The van der Waals surface area contributed by atoms with E-state index in [0.29, 0.717) is 16.7 Å². The minimum Gasteiger partial charge on any atom is -0.337 e. The second-order valence-electron chi connectivity index (χ2n) is 6.68. The first kappa shape index (κ1) is 20.7. The maximum Gasteiger partial charge on any atom is 0.253 e. The molecule has 0 aliphatic carbocycles. The predicted molar refractivity (Wildman–Crippen MR) is 106 cm³/mol. The molecule has 4 nitrogen and oxygen atoms in total. The highest BCUT2D eigenvalue weighted by atomic mass is 32.2. The number of carbonyl (C=O) groups is 1. The summed E-state index contributed by atoms with van der Waals surface area (Å²) in [5, 5.41) is 0. The first-order valence-corrected chi connectivity index (χ1v) is 10.5. The summed E-state index contributed by atoms with van der Waals surface area (Å²) in [7, 11) is -1.92. The van der Waals surface area contributed by atoms with E-state index in [4.69, 9.17) is 0 Å². The monoisotopic (exact) mass is 415 g/mol. The fraction of sp³-hybridized carbons (Fsp3) is 0.136. The van der Waals surface area contributed by atoms with Crippen LogP contribution in [-0.4, -0.2) is 26.3 Å². The molecule has 0 aromatic heterocycles. The van der Waals surface area contributed by atoms with E-state index in [0.717, 1.165) is 12.1 Å². The molecule has 7 heteroatoms. The number of sulfone groups is 1. The van der Waals surface area contributed by atoms with Crippen LogP contribution in [0.15, 0.2) is 77.7 Å². The van der Waals surface area contributed by atoms with Crippen LogP contribution in [0.5, 0.6) is 0 Å². The van der Waals surface area contributed by atoms with Crippen molar-refractivity contribution in [3.63, 3.8) is 0 Å². The van der Waals surface area contributed by atoms with Crippen LogP contribution in [0.25, 0.3) is 0 Å². The van der Waals surface area contributed by atoms with Crippen molar-refractivity contribution in [2.75, 3.05) is 7.05 Å². The Bertz CT molecular complexity index is 1110. The van der Waals surface area contributed by atoms with E-state index in [1.807, 2.05) is 0 Å². The highest BCUT2D eigenvalue weighted by Crippen LogP contribution is 2.18. The first-order valence-electron chi connectivity index (χ1n) is 8.82. The Labute approximate surface area is 168 Å². The number of amides is 1. The van der Waals surface area contributed by atoms with Crippen LogP contribution in [0.1, 0.15) is 21.5 Å². The molecule has 0 unspecified atom stereocenters. The molecule has 1 amide bonds. The van der Waals surface area contributed by atoms with Crippen molar-refractivity contribution in [3.05, 3.63) is 101 Å². The molecule has 3 aromatic rings. The third kappa shape index (κ3) is 5.06. The summed E-state index contributed by atoms with van der Waals surface area (Å²) in [4.78, 5) is 14.2. The molecule has 0 saturated carbocycles. The van der Waals surface area contributed by atoms with Gasteiger partial charge in [-0.2, -0.15) is 0 Å². The van der Waals surface area contributed by atoms with Crippen molar-refractivity contribution < 1.29 is 22.0 Å². The lowest BCUT2D eigenvalue weighted by Crippen LogP contribution is -2.26. The second kappa shape index (κ2) is 8.53. The molecule has 0 aliphatic heterocycles. The largest absolute Gasteiger partial charge is 0.337 e. The molecule has 0 heterocycles. The summed E-state index contributed by atoms with van der Waals surface area (Å²) < 4.78 is 51.3. The number of halogens is 2. The zero-order chi connectivity index (χ0) is 21.0. The van der Waals surface area contributed by atoms with Crippen molar-refractivity contribution in [1.82, 2.24) is 4.90 Å². The Balaban J connectivity index is 1.69. The van der Waals surface area contributed by atoms with Gasteiger partial charge in [0.05, 0.1) is 10.6 Å². The van der Waals surface area contributed by atoms with Gasteiger partial charge in [-0.3, -0.25) is 4.79 Å². The topological polar surface area (TPSA) is 54.5 Å². The van der Waals surface area contributed by atoms with Crippen LogP contribution in [0, 0.1) is 11.6 Å². The molecule has 3 rings (SSSR count). The zero-order valence-electron chi connectivity index (χ0n) is 15.7. The number of benzene rings is 3. The molecule has 0 saturated heterocycles. The van der Waals surface area contributed by atoms with Crippen LogP contribution in [0.4, 0.5) is 8.78 Å².